The third-order valence-electron chi connectivity index (χ3n) is 1.64. The predicted octanol–water partition coefficient (Wildman–Crippen LogP) is 1.76. The van der Waals surface area contributed by atoms with Crippen LogP contribution in [-0.2, 0) is 9.53 Å². The standard InChI is InChI=1S/C11H11NO3/c1-2-15-11(14)9-4-3-5-10(8-9)12-6-7-13/h3-8H,2H2,1H3. The molecule has 0 fully saturated rings. The Balaban J connectivity index is 2.86. The summed E-state index contributed by atoms with van der Waals surface area (Å²) in [5.41, 5.74) is 0.977. The van der Waals surface area contributed by atoms with Crippen molar-refractivity contribution in [3.05, 3.63) is 29.8 Å². The molecule has 0 aliphatic rings. The minimum Gasteiger partial charge on any atom is -0.462 e. The van der Waals surface area contributed by atoms with E-state index in [0.717, 1.165) is 6.21 Å². The van der Waals surface area contributed by atoms with Crippen molar-refractivity contribution in [2.45, 2.75) is 6.92 Å². The monoisotopic (exact) mass is 205 g/mol. The Morgan fingerprint density at radius 2 is 2.33 bits per heavy atom. The third kappa shape index (κ3) is 3.34. The Hall–Kier alpha value is -1.97. The lowest BCUT2D eigenvalue weighted by molar-refractivity contribution is -0.102. The lowest BCUT2D eigenvalue weighted by atomic mass is 10.2. The molecule has 15 heavy (non-hydrogen) atoms. The van der Waals surface area contributed by atoms with E-state index in [9.17, 15) is 9.59 Å². The molecule has 0 radical (unpaired) electrons. The van der Waals surface area contributed by atoms with Crippen molar-refractivity contribution in [2.75, 3.05) is 6.61 Å². The van der Waals surface area contributed by atoms with Gasteiger partial charge in [-0.25, -0.2) is 4.79 Å². The maximum absolute atomic E-state index is 11.3. The zero-order valence-electron chi connectivity index (χ0n) is 8.34. The molecule has 0 unspecified atom stereocenters. The van der Waals surface area contributed by atoms with E-state index >= 15 is 0 Å². The fourth-order valence-electron chi connectivity index (χ4n) is 1.04. The van der Waals surface area contributed by atoms with Gasteiger partial charge in [-0.2, -0.15) is 0 Å². The predicted molar refractivity (Wildman–Crippen MR) is 56.6 cm³/mol. The van der Waals surface area contributed by atoms with Gasteiger partial charge < -0.3 is 4.74 Å². The molecule has 0 aliphatic heterocycles. The Bertz CT molecular complexity index is 385. The molecule has 1 aromatic rings. The normalized spacial score (nSPS) is 10.2. The van der Waals surface area contributed by atoms with Crippen LogP contribution in [0.5, 0.6) is 0 Å². The number of aldehydes is 1. The van der Waals surface area contributed by atoms with Gasteiger partial charge in [-0.05, 0) is 25.1 Å². The first-order valence-electron chi connectivity index (χ1n) is 4.53. The highest BCUT2D eigenvalue weighted by Gasteiger charge is 2.05. The van der Waals surface area contributed by atoms with E-state index in [1.165, 1.54) is 0 Å². The number of hydrogen-bond acceptors (Lipinski definition) is 4. The van der Waals surface area contributed by atoms with Crippen LogP contribution < -0.4 is 0 Å². The second-order valence-corrected chi connectivity index (χ2v) is 2.69. The second kappa shape index (κ2) is 5.70. The first-order chi connectivity index (χ1) is 7.27. The second-order valence-electron chi connectivity index (χ2n) is 2.69. The van der Waals surface area contributed by atoms with Crippen molar-refractivity contribution in [1.82, 2.24) is 0 Å². The summed E-state index contributed by atoms with van der Waals surface area (Å²) in [7, 11) is 0. The van der Waals surface area contributed by atoms with E-state index in [2.05, 4.69) is 4.99 Å². The highest BCUT2D eigenvalue weighted by molar-refractivity contribution is 6.13. The van der Waals surface area contributed by atoms with Gasteiger partial charge in [0.1, 0.15) is 0 Å². The summed E-state index contributed by atoms with van der Waals surface area (Å²) in [6, 6.07) is 6.59. The Labute approximate surface area is 87.6 Å². The summed E-state index contributed by atoms with van der Waals surface area (Å²) >= 11 is 0. The molecule has 78 valence electrons. The molecule has 0 N–H and O–H groups in total. The number of hydrogen-bond donors (Lipinski definition) is 0. The summed E-state index contributed by atoms with van der Waals surface area (Å²) < 4.78 is 4.83. The first-order valence-corrected chi connectivity index (χ1v) is 4.53. The Morgan fingerprint density at radius 1 is 1.53 bits per heavy atom. The Morgan fingerprint density at radius 3 is 3.00 bits per heavy atom. The fraction of sp³-hybridized carbons (Fsp3) is 0.182. The van der Waals surface area contributed by atoms with Crippen LogP contribution in [-0.4, -0.2) is 25.1 Å². The van der Waals surface area contributed by atoms with Crippen LogP contribution in [0, 0.1) is 0 Å². The van der Waals surface area contributed by atoms with Crippen LogP contribution in [0.2, 0.25) is 0 Å². The van der Waals surface area contributed by atoms with Crippen LogP contribution in [0.15, 0.2) is 29.3 Å². The van der Waals surface area contributed by atoms with Crippen LogP contribution in [0.3, 0.4) is 0 Å². The topological polar surface area (TPSA) is 55.7 Å². The van der Waals surface area contributed by atoms with Gasteiger partial charge in [0.15, 0.2) is 6.29 Å². The quantitative estimate of drug-likeness (QED) is 0.427. The van der Waals surface area contributed by atoms with Crippen LogP contribution in [0.4, 0.5) is 5.69 Å². The van der Waals surface area contributed by atoms with Gasteiger partial charge in [-0.15, -0.1) is 0 Å². The average molecular weight is 205 g/mol. The van der Waals surface area contributed by atoms with Crippen LogP contribution in [0.1, 0.15) is 17.3 Å². The van der Waals surface area contributed by atoms with E-state index < -0.39 is 0 Å². The number of esters is 1. The molecule has 0 aliphatic carbocycles. The highest BCUT2D eigenvalue weighted by Crippen LogP contribution is 2.14. The maximum atomic E-state index is 11.3. The van der Waals surface area contributed by atoms with Gasteiger partial charge in [0, 0.05) is 0 Å². The minimum atomic E-state index is -0.388. The smallest absolute Gasteiger partial charge is 0.338 e. The number of nitrogens with zero attached hydrogens (tertiary/aromatic N) is 1. The lowest BCUT2D eigenvalue weighted by Crippen LogP contribution is -2.03. The molecule has 0 atom stereocenters. The van der Waals surface area contributed by atoms with E-state index in [4.69, 9.17) is 4.74 Å². The zero-order chi connectivity index (χ0) is 11.1. The van der Waals surface area contributed by atoms with E-state index in [-0.39, 0.29) is 5.97 Å². The van der Waals surface area contributed by atoms with Crippen molar-refractivity contribution in [3.63, 3.8) is 0 Å². The van der Waals surface area contributed by atoms with Gasteiger partial charge >= 0.3 is 5.97 Å². The molecule has 0 aromatic heterocycles. The van der Waals surface area contributed by atoms with Crippen molar-refractivity contribution in [2.24, 2.45) is 4.99 Å². The van der Waals surface area contributed by atoms with Gasteiger partial charge in [-0.1, -0.05) is 6.07 Å². The molecule has 1 aromatic carbocycles. The first kappa shape index (κ1) is 11.1. The van der Waals surface area contributed by atoms with Gasteiger partial charge in [0.05, 0.1) is 24.1 Å². The molecule has 4 heteroatoms. The van der Waals surface area contributed by atoms with Gasteiger partial charge in [0.25, 0.3) is 0 Å². The summed E-state index contributed by atoms with van der Waals surface area (Å²) in [6.07, 6.45) is 1.71. The van der Waals surface area contributed by atoms with Crippen molar-refractivity contribution in [1.29, 1.82) is 0 Å². The fourth-order valence-corrected chi connectivity index (χ4v) is 1.04. The summed E-state index contributed by atoms with van der Waals surface area (Å²) in [5, 5.41) is 0. The molecular formula is C11H11NO3. The number of ether oxygens (including phenoxy) is 1. The van der Waals surface area contributed by atoms with Crippen LogP contribution in [0.25, 0.3) is 0 Å². The lowest BCUT2D eigenvalue weighted by Gasteiger charge is -2.01. The molecule has 0 saturated heterocycles. The molecular weight excluding hydrogens is 194 g/mol. The number of benzene rings is 1. The zero-order valence-corrected chi connectivity index (χ0v) is 8.34. The molecule has 4 nitrogen and oxygen atoms in total. The van der Waals surface area contributed by atoms with Crippen molar-refractivity contribution in [3.8, 4) is 0 Å². The molecule has 0 bridgehead atoms. The molecule has 0 saturated carbocycles. The van der Waals surface area contributed by atoms with Gasteiger partial charge in [0.2, 0.25) is 0 Å². The SMILES string of the molecule is CCOC(=O)c1cccc(N=CC=O)c1. The maximum Gasteiger partial charge on any atom is 0.338 e. The van der Waals surface area contributed by atoms with Crippen molar-refractivity contribution < 1.29 is 14.3 Å². The summed E-state index contributed by atoms with van der Waals surface area (Å²) in [6.45, 7) is 2.08. The van der Waals surface area contributed by atoms with E-state index in [1.54, 1.807) is 31.2 Å². The number of carbonyl (C=O) groups excluding carboxylic acids is 2. The van der Waals surface area contributed by atoms with Gasteiger partial charge in [-0.3, -0.25) is 9.79 Å². The van der Waals surface area contributed by atoms with E-state index in [1.807, 2.05) is 0 Å². The van der Waals surface area contributed by atoms with E-state index in [0.29, 0.717) is 24.1 Å². The van der Waals surface area contributed by atoms with Crippen molar-refractivity contribution >= 4 is 24.2 Å². The number of aliphatic imine (C=N–C) groups is 1. The molecule has 0 amide bonds. The average Bonchev–Trinajstić information content (AvgIpc) is 2.27. The minimum absolute atomic E-state index is 0.334. The number of carbonyl (C=O) groups is 2. The molecule has 0 heterocycles. The largest absolute Gasteiger partial charge is 0.462 e. The Kier molecular flexibility index (Phi) is 4.22. The highest BCUT2D eigenvalue weighted by atomic mass is 16.5. The molecule has 1 rings (SSSR count). The molecule has 0 spiro atoms. The van der Waals surface area contributed by atoms with Crippen LogP contribution >= 0.6 is 0 Å². The number of rotatable bonds is 4. The summed E-state index contributed by atoms with van der Waals surface area (Å²) in [4.78, 5) is 25.2. The third-order valence-corrected chi connectivity index (χ3v) is 1.64. The summed E-state index contributed by atoms with van der Waals surface area (Å²) in [5.74, 6) is -0.388.